The first-order valence-electron chi connectivity index (χ1n) is 4.64. The quantitative estimate of drug-likeness (QED) is 0.864. The molecule has 0 bridgehead atoms. The molecule has 2 rings (SSSR count). The summed E-state index contributed by atoms with van der Waals surface area (Å²) in [5, 5.41) is 0.595. The number of thioether (sulfide) groups is 1. The second-order valence-corrected chi connectivity index (χ2v) is 5.55. The molecule has 0 aliphatic carbocycles. The molecule has 1 saturated heterocycles. The summed E-state index contributed by atoms with van der Waals surface area (Å²) < 4.78 is 6.23. The van der Waals surface area contributed by atoms with Gasteiger partial charge in [0.05, 0.1) is 25.1 Å². The molecule has 15 heavy (non-hydrogen) atoms. The minimum Gasteiger partial charge on any atom is -0.379 e. The van der Waals surface area contributed by atoms with E-state index in [1.165, 1.54) is 4.90 Å². The Morgan fingerprint density at radius 1 is 1.53 bits per heavy atom. The first-order valence-corrected chi connectivity index (χ1v) is 6.31. The number of ether oxygens (including phenoxy) is 1. The Bertz CT molecular complexity index is 344. The average molecular weight is 290 g/mol. The zero-order chi connectivity index (χ0) is 10.7. The fourth-order valence-electron chi connectivity index (χ4n) is 1.29. The van der Waals surface area contributed by atoms with Crippen molar-refractivity contribution in [3.63, 3.8) is 0 Å². The summed E-state index contributed by atoms with van der Waals surface area (Å²) in [6.07, 6.45) is 0. The maximum atomic E-state index is 5.14. The van der Waals surface area contributed by atoms with Crippen LogP contribution in [0.4, 0.5) is 0 Å². The van der Waals surface area contributed by atoms with Crippen LogP contribution in [-0.4, -0.2) is 18.5 Å². The van der Waals surface area contributed by atoms with Crippen LogP contribution < -0.4 is 5.90 Å². The molecule has 1 aromatic carbocycles. The molecule has 2 N–H and O–H groups in total. The van der Waals surface area contributed by atoms with Crippen LogP contribution in [0.25, 0.3) is 0 Å². The summed E-state index contributed by atoms with van der Waals surface area (Å²) >= 11 is 5.38. The van der Waals surface area contributed by atoms with Crippen LogP contribution in [0.2, 0.25) is 0 Å². The number of benzene rings is 1. The average Bonchev–Trinajstić information content (AvgIpc) is 2.14. The molecule has 1 aliphatic heterocycles. The molecule has 0 aromatic heterocycles. The SMILES string of the molecule is NOCc1ccc(SC2COC2)c(Br)c1. The highest BCUT2D eigenvalue weighted by Crippen LogP contribution is 2.34. The molecule has 5 heteroatoms. The lowest BCUT2D eigenvalue weighted by molar-refractivity contribution is 0.0455. The Kier molecular flexibility index (Phi) is 4.05. The van der Waals surface area contributed by atoms with Gasteiger partial charge in [-0.25, -0.2) is 5.90 Å². The number of nitrogens with two attached hydrogens (primary N) is 1. The molecule has 0 radical (unpaired) electrons. The lowest BCUT2D eigenvalue weighted by Gasteiger charge is -2.25. The van der Waals surface area contributed by atoms with Crippen LogP contribution in [0.15, 0.2) is 27.6 Å². The van der Waals surface area contributed by atoms with Crippen molar-refractivity contribution in [3.05, 3.63) is 28.2 Å². The van der Waals surface area contributed by atoms with E-state index in [4.69, 9.17) is 10.6 Å². The van der Waals surface area contributed by atoms with Crippen molar-refractivity contribution in [2.45, 2.75) is 16.8 Å². The summed E-state index contributed by atoms with van der Waals surface area (Å²) in [5.41, 5.74) is 1.07. The maximum Gasteiger partial charge on any atom is 0.0930 e. The van der Waals surface area contributed by atoms with Gasteiger partial charge in [0, 0.05) is 9.37 Å². The zero-order valence-electron chi connectivity index (χ0n) is 8.11. The Labute approximate surface area is 101 Å². The normalized spacial score (nSPS) is 16.4. The van der Waals surface area contributed by atoms with E-state index >= 15 is 0 Å². The van der Waals surface area contributed by atoms with Crippen molar-refractivity contribution < 1.29 is 9.57 Å². The van der Waals surface area contributed by atoms with Crippen molar-refractivity contribution in [1.82, 2.24) is 0 Å². The van der Waals surface area contributed by atoms with E-state index in [-0.39, 0.29) is 0 Å². The third-order valence-electron chi connectivity index (χ3n) is 2.15. The van der Waals surface area contributed by atoms with E-state index < -0.39 is 0 Å². The summed E-state index contributed by atoms with van der Waals surface area (Å²) in [6, 6.07) is 6.15. The van der Waals surface area contributed by atoms with Gasteiger partial charge in [-0.3, -0.25) is 4.84 Å². The predicted octanol–water partition coefficient (Wildman–Crippen LogP) is 2.33. The lowest BCUT2D eigenvalue weighted by atomic mass is 10.2. The minimum absolute atomic E-state index is 0.441. The van der Waals surface area contributed by atoms with Crippen LogP contribution in [0, 0.1) is 0 Å². The predicted molar refractivity (Wildman–Crippen MR) is 63.6 cm³/mol. The van der Waals surface area contributed by atoms with Crippen LogP contribution in [0.5, 0.6) is 0 Å². The topological polar surface area (TPSA) is 44.5 Å². The first-order chi connectivity index (χ1) is 7.29. The molecule has 0 unspecified atom stereocenters. The lowest BCUT2D eigenvalue weighted by Crippen LogP contribution is -2.30. The molecule has 82 valence electrons. The monoisotopic (exact) mass is 289 g/mol. The van der Waals surface area contributed by atoms with Gasteiger partial charge in [0.1, 0.15) is 0 Å². The molecule has 0 amide bonds. The van der Waals surface area contributed by atoms with Gasteiger partial charge in [-0.05, 0) is 33.6 Å². The molecule has 1 aliphatic rings. The standard InChI is InChI=1S/C10H12BrNO2S/c11-9-3-7(4-14-12)1-2-10(9)15-8-5-13-6-8/h1-3,8H,4-6,12H2. The smallest absolute Gasteiger partial charge is 0.0930 e. The molecule has 0 saturated carbocycles. The maximum absolute atomic E-state index is 5.14. The first kappa shape index (κ1) is 11.4. The van der Waals surface area contributed by atoms with Crippen molar-refractivity contribution in [1.29, 1.82) is 0 Å². The third-order valence-corrected chi connectivity index (χ3v) is 4.28. The van der Waals surface area contributed by atoms with Gasteiger partial charge in [-0.1, -0.05) is 6.07 Å². The van der Waals surface area contributed by atoms with Crippen molar-refractivity contribution in [3.8, 4) is 0 Å². The number of hydrogen-bond donors (Lipinski definition) is 1. The molecule has 0 spiro atoms. The van der Waals surface area contributed by atoms with Crippen LogP contribution >= 0.6 is 27.7 Å². The summed E-state index contributed by atoms with van der Waals surface area (Å²) in [7, 11) is 0. The number of halogens is 1. The number of rotatable bonds is 4. The zero-order valence-corrected chi connectivity index (χ0v) is 10.5. The largest absolute Gasteiger partial charge is 0.379 e. The van der Waals surface area contributed by atoms with E-state index in [1.807, 2.05) is 23.9 Å². The second-order valence-electron chi connectivity index (χ2n) is 3.35. The van der Waals surface area contributed by atoms with Crippen molar-refractivity contribution in [2.75, 3.05) is 13.2 Å². The highest BCUT2D eigenvalue weighted by atomic mass is 79.9. The van der Waals surface area contributed by atoms with Gasteiger partial charge in [0.2, 0.25) is 0 Å². The van der Waals surface area contributed by atoms with E-state index in [9.17, 15) is 0 Å². The molecular formula is C10H12BrNO2S. The van der Waals surface area contributed by atoms with Crippen LogP contribution in [0.3, 0.4) is 0 Å². The Hall–Kier alpha value is -0.0700. The minimum atomic E-state index is 0.441. The van der Waals surface area contributed by atoms with E-state index in [0.717, 1.165) is 23.2 Å². The summed E-state index contributed by atoms with van der Waals surface area (Å²) in [4.78, 5) is 5.83. The summed E-state index contributed by atoms with van der Waals surface area (Å²) in [6.45, 7) is 2.14. The van der Waals surface area contributed by atoms with Gasteiger partial charge in [-0.2, -0.15) is 0 Å². The van der Waals surface area contributed by atoms with Crippen molar-refractivity contribution >= 4 is 27.7 Å². The van der Waals surface area contributed by atoms with Gasteiger partial charge >= 0.3 is 0 Å². The highest BCUT2D eigenvalue weighted by molar-refractivity contribution is 9.10. The molecule has 3 nitrogen and oxygen atoms in total. The van der Waals surface area contributed by atoms with E-state index in [0.29, 0.717) is 11.9 Å². The van der Waals surface area contributed by atoms with Crippen molar-refractivity contribution in [2.24, 2.45) is 5.90 Å². The van der Waals surface area contributed by atoms with Gasteiger partial charge in [-0.15, -0.1) is 11.8 Å². The number of hydrogen-bond acceptors (Lipinski definition) is 4. The Morgan fingerprint density at radius 3 is 2.87 bits per heavy atom. The van der Waals surface area contributed by atoms with E-state index in [1.54, 1.807) is 0 Å². The van der Waals surface area contributed by atoms with Gasteiger partial charge in [0.25, 0.3) is 0 Å². The second kappa shape index (κ2) is 5.32. The third kappa shape index (κ3) is 2.95. The van der Waals surface area contributed by atoms with Gasteiger partial charge < -0.3 is 4.74 Å². The fraction of sp³-hybridized carbons (Fsp3) is 0.400. The molecule has 1 fully saturated rings. The molecular weight excluding hydrogens is 278 g/mol. The van der Waals surface area contributed by atoms with Crippen LogP contribution in [0.1, 0.15) is 5.56 Å². The van der Waals surface area contributed by atoms with Crippen LogP contribution in [-0.2, 0) is 16.2 Å². The Morgan fingerprint density at radius 2 is 2.33 bits per heavy atom. The molecule has 1 aromatic rings. The highest BCUT2D eigenvalue weighted by Gasteiger charge is 2.20. The fourth-order valence-corrected chi connectivity index (χ4v) is 3.00. The summed E-state index contributed by atoms with van der Waals surface area (Å²) in [5.74, 6) is 5.02. The molecule has 1 heterocycles. The van der Waals surface area contributed by atoms with E-state index in [2.05, 4.69) is 26.8 Å². The Balaban J connectivity index is 2.04. The molecule has 0 atom stereocenters. The van der Waals surface area contributed by atoms with Gasteiger partial charge in [0.15, 0.2) is 0 Å².